The lowest BCUT2D eigenvalue weighted by atomic mass is 9.90. The van der Waals surface area contributed by atoms with Crippen LogP contribution in [0.1, 0.15) is 0 Å². The highest BCUT2D eigenvalue weighted by atomic mass is 32.1. The van der Waals surface area contributed by atoms with Gasteiger partial charge in [0, 0.05) is 67.5 Å². The molecule has 43 heavy (non-hydrogen) atoms. The molecule has 3 aromatic heterocycles. The third-order valence-corrected chi connectivity index (χ3v) is 11.7. The topological polar surface area (TPSA) is 13.1 Å². The Morgan fingerprint density at radius 3 is 1.77 bits per heavy atom. The van der Waals surface area contributed by atoms with Crippen LogP contribution in [-0.4, -0.2) is 0 Å². The van der Waals surface area contributed by atoms with Crippen molar-refractivity contribution in [2.24, 2.45) is 0 Å². The lowest BCUT2D eigenvalue weighted by molar-refractivity contribution is 0.670. The van der Waals surface area contributed by atoms with Crippen LogP contribution in [0.15, 0.2) is 126 Å². The van der Waals surface area contributed by atoms with E-state index >= 15 is 0 Å². The van der Waals surface area contributed by atoms with Crippen molar-refractivity contribution in [2.45, 2.75) is 0 Å². The van der Waals surface area contributed by atoms with Crippen LogP contribution in [0.25, 0.3) is 106 Å². The van der Waals surface area contributed by atoms with Gasteiger partial charge >= 0.3 is 0 Å². The van der Waals surface area contributed by atoms with E-state index in [1.165, 1.54) is 95.3 Å². The molecule has 3 heteroatoms. The molecule has 3 heterocycles. The van der Waals surface area contributed by atoms with Gasteiger partial charge in [0.25, 0.3) is 0 Å². The fourth-order valence-electron chi connectivity index (χ4n) is 7.51. The Kier molecular flexibility index (Phi) is 4.15. The van der Waals surface area contributed by atoms with Gasteiger partial charge in [-0.3, -0.25) is 0 Å². The Morgan fingerprint density at radius 1 is 0.395 bits per heavy atom. The summed E-state index contributed by atoms with van der Waals surface area (Å²) >= 11 is 3.87. The van der Waals surface area contributed by atoms with Crippen molar-refractivity contribution in [3.05, 3.63) is 121 Å². The average molecular weight is 581 g/mol. The van der Waals surface area contributed by atoms with Gasteiger partial charge in [0.2, 0.25) is 0 Å². The van der Waals surface area contributed by atoms with Gasteiger partial charge in [-0.15, -0.1) is 22.7 Å². The van der Waals surface area contributed by atoms with Crippen LogP contribution in [-0.2, 0) is 0 Å². The summed E-state index contributed by atoms with van der Waals surface area (Å²) in [5.41, 5.74) is 9.23. The summed E-state index contributed by atoms with van der Waals surface area (Å²) in [6.07, 6.45) is 0. The molecule has 198 valence electrons. The Morgan fingerprint density at radius 2 is 1.00 bits per heavy atom. The van der Waals surface area contributed by atoms with Crippen LogP contribution >= 0.6 is 22.7 Å². The van der Waals surface area contributed by atoms with Crippen LogP contribution in [0.3, 0.4) is 0 Å². The number of fused-ring (bicyclic) bond motifs is 3. The fraction of sp³-hybridized carbons (Fsp3) is 0. The second-order valence-electron chi connectivity index (χ2n) is 11.6. The van der Waals surface area contributed by atoms with Gasteiger partial charge in [-0.1, -0.05) is 97.1 Å². The molecular weight excluding hydrogens is 561 g/mol. The first kappa shape index (κ1) is 22.6. The molecule has 0 amide bonds. The summed E-state index contributed by atoms with van der Waals surface area (Å²) in [5.74, 6) is 0. The van der Waals surface area contributed by atoms with Gasteiger partial charge in [0.05, 0.1) is 0 Å². The van der Waals surface area contributed by atoms with E-state index in [2.05, 4.69) is 121 Å². The average Bonchev–Trinajstić information content (AvgIpc) is 3.76. The number of rotatable bonds is 3. The molecule has 11 aromatic rings. The Hall–Kier alpha value is -4.96. The first-order chi connectivity index (χ1) is 21.3. The van der Waals surface area contributed by atoms with E-state index in [1.807, 2.05) is 22.7 Å². The summed E-state index contributed by atoms with van der Waals surface area (Å²) in [4.78, 5) is 0. The molecule has 1 nitrogen and oxygen atoms in total. The van der Waals surface area contributed by atoms with Crippen LogP contribution in [0, 0.1) is 0 Å². The summed E-state index contributed by atoms with van der Waals surface area (Å²) < 4.78 is 12.3. The van der Waals surface area contributed by atoms with Crippen molar-refractivity contribution < 1.29 is 4.42 Å². The maximum absolute atomic E-state index is 6.82. The highest BCUT2D eigenvalue weighted by Crippen LogP contribution is 2.57. The van der Waals surface area contributed by atoms with Gasteiger partial charge in [-0.25, -0.2) is 0 Å². The molecule has 0 aliphatic heterocycles. The van der Waals surface area contributed by atoms with Crippen molar-refractivity contribution in [3.8, 4) is 33.4 Å². The highest BCUT2D eigenvalue weighted by Gasteiger charge is 2.29. The van der Waals surface area contributed by atoms with Crippen molar-refractivity contribution in [3.63, 3.8) is 0 Å². The van der Waals surface area contributed by atoms with E-state index in [1.54, 1.807) is 0 Å². The molecule has 0 fully saturated rings. The molecule has 8 aromatic carbocycles. The minimum Gasteiger partial charge on any atom is -0.455 e. The SMILES string of the molecule is c1ccc(-c2ccc(-c3cccc(-c4cc5sc6c7ccccc7c7sc8ccc9oc4c4c9c8c7c6c54)c3)cc2)cc1. The molecule has 0 unspecified atom stereocenters. The third kappa shape index (κ3) is 2.82. The van der Waals surface area contributed by atoms with E-state index in [4.69, 9.17) is 4.42 Å². The molecular formula is C40H20OS2. The van der Waals surface area contributed by atoms with Gasteiger partial charge in [0.15, 0.2) is 0 Å². The Labute approximate surface area is 253 Å². The first-order valence-electron chi connectivity index (χ1n) is 14.6. The summed E-state index contributed by atoms with van der Waals surface area (Å²) in [5, 5.41) is 10.9. The second kappa shape index (κ2) is 7.90. The van der Waals surface area contributed by atoms with Gasteiger partial charge in [-0.05, 0) is 52.1 Å². The predicted octanol–water partition coefficient (Wildman–Crippen LogP) is 12.8. The molecule has 0 bridgehead atoms. The third-order valence-electron chi connectivity index (χ3n) is 9.38. The summed E-state index contributed by atoms with van der Waals surface area (Å²) in [7, 11) is 0. The zero-order valence-electron chi connectivity index (χ0n) is 22.8. The number of hydrogen-bond donors (Lipinski definition) is 0. The summed E-state index contributed by atoms with van der Waals surface area (Å²) in [6, 6.07) is 44.2. The predicted molar refractivity (Wildman–Crippen MR) is 187 cm³/mol. The molecule has 0 atom stereocenters. The van der Waals surface area contributed by atoms with Crippen LogP contribution in [0.5, 0.6) is 0 Å². The normalized spacial score (nSPS) is 12.7. The monoisotopic (exact) mass is 580 g/mol. The molecule has 0 saturated carbocycles. The van der Waals surface area contributed by atoms with Crippen molar-refractivity contribution >= 4 is 95.7 Å². The quantitative estimate of drug-likeness (QED) is 0.150. The van der Waals surface area contributed by atoms with Crippen molar-refractivity contribution in [1.29, 1.82) is 0 Å². The smallest absolute Gasteiger partial charge is 0.143 e. The molecule has 0 aliphatic rings. The Balaban J connectivity index is 1.19. The Bertz CT molecular complexity index is 2810. The molecule has 11 rings (SSSR count). The maximum Gasteiger partial charge on any atom is 0.143 e. The van der Waals surface area contributed by atoms with E-state index in [0.29, 0.717) is 0 Å². The molecule has 0 spiro atoms. The van der Waals surface area contributed by atoms with E-state index in [9.17, 15) is 0 Å². The molecule has 0 radical (unpaired) electrons. The van der Waals surface area contributed by atoms with E-state index in [0.717, 1.165) is 11.2 Å². The van der Waals surface area contributed by atoms with Gasteiger partial charge in [-0.2, -0.15) is 0 Å². The number of thiophene rings is 2. The van der Waals surface area contributed by atoms with Gasteiger partial charge < -0.3 is 4.42 Å². The number of benzene rings is 8. The van der Waals surface area contributed by atoms with Crippen LogP contribution in [0.2, 0.25) is 0 Å². The number of furan rings is 1. The lowest BCUT2D eigenvalue weighted by Crippen LogP contribution is -1.85. The van der Waals surface area contributed by atoms with Crippen LogP contribution in [0.4, 0.5) is 0 Å². The second-order valence-corrected chi connectivity index (χ2v) is 13.7. The fourth-order valence-corrected chi connectivity index (χ4v) is 10.1. The highest BCUT2D eigenvalue weighted by molar-refractivity contribution is 7.29. The van der Waals surface area contributed by atoms with Crippen LogP contribution < -0.4 is 0 Å². The lowest BCUT2D eigenvalue weighted by Gasteiger charge is -2.10. The minimum atomic E-state index is 0.988. The molecule has 0 aliphatic carbocycles. The molecule has 0 saturated heterocycles. The number of hydrogen-bond acceptors (Lipinski definition) is 3. The van der Waals surface area contributed by atoms with E-state index < -0.39 is 0 Å². The van der Waals surface area contributed by atoms with E-state index in [-0.39, 0.29) is 0 Å². The zero-order chi connectivity index (χ0) is 27.8. The first-order valence-corrected chi connectivity index (χ1v) is 16.2. The van der Waals surface area contributed by atoms with Crippen molar-refractivity contribution in [2.75, 3.05) is 0 Å². The largest absolute Gasteiger partial charge is 0.455 e. The van der Waals surface area contributed by atoms with Gasteiger partial charge in [0.1, 0.15) is 11.2 Å². The zero-order valence-corrected chi connectivity index (χ0v) is 24.4. The summed E-state index contributed by atoms with van der Waals surface area (Å²) in [6.45, 7) is 0. The molecule has 0 N–H and O–H groups in total. The maximum atomic E-state index is 6.82. The minimum absolute atomic E-state index is 0.988. The standard InChI is InChI=1S/C40H20OS2/c1-2-7-21(8-3-1)22-13-15-23(16-14-22)24-9-6-10-25(19-24)28-20-31-34-35-32-29(41-38(28)35)17-18-30-33(32)36-37(34)40(43-31)27-12-5-4-11-26(27)39(36)42-30/h1-20H. The van der Waals surface area contributed by atoms with Crippen molar-refractivity contribution in [1.82, 2.24) is 0 Å².